The van der Waals surface area contributed by atoms with Crippen molar-refractivity contribution in [1.82, 2.24) is 0 Å². The Balaban J connectivity index is 4.05. The third-order valence-electron chi connectivity index (χ3n) is 14.3. The second-order valence-corrected chi connectivity index (χ2v) is 22.0. The van der Waals surface area contributed by atoms with Crippen LogP contribution in [0.4, 0.5) is 0 Å². The van der Waals surface area contributed by atoms with Gasteiger partial charge in [0.25, 0.3) is 0 Å². The van der Waals surface area contributed by atoms with Crippen LogP contribution in [-0.4, -0.2) is 37.2 Å². The van der Waals surface area contributed by atoms with Gasteiger partial charge in [-0.25, -0.2) is 0 Å². The number of hydrogen-bond donors (Lipinski definition) is 0. The van der Waals surface area contributed by atoms with Crippen molar-refractivity contribution >= 4 is 17.9 Å². The molecule has 0 aromatic heterocycles. The molecule has 0 rings (SSSR count). The van der Waals surface area contributed by atoms with Gasteiger partial charge in [0.2, 0.25) is 0 Å². The van der Waals surface area contributed by atoms with Gasteiger partial charge < -0.3 is 14.2 Å². The molecule has 0 aliphatic rings. The minimum Gasteiger partial charge on any atom is -0.462 e. The van der Waals surface area contributed by atoms with Crippen LogP contribution in [0, 0.1) is 0 Å². The number of allylic oxidation sites excluding steroid dienone is 18. The number of carbonyl (C=O) groups excluding carboxylic acids is 3. The highest BCUT2D eigenvalue weighted by molar-refractivity contribution is 5.71. The average Bonchev–Trinajstić information content (AvgIpc) is 3.45. The van der Waals surface area contributed by atoms with Crippen molar-refractivity contribution in [2.24, 2.45) is 0 Å². The van der Waals surface area contributed by atoms with E-state index in [2.05, 4.69) is 130 Å². The van der Waals surface area contributed by atoms with E-state index in [4.69, 9.17) is 14.2 Å². The molecular weight excluding hydrogens is 973 g/mol. The summed E-state index contributed by atoms with van der Waals surface area (Å²) in [6, 6.07) is 0. The summed E-state index contributed by atoms with van der Waals surface area (Å²) < 4.78 is 16.8. The third-order valence-corrected chi connectivity index (χ3v) is 14.3. The summed E-state index contributed by atoms with van der Waals surface area (Å²) in [7, 11) is 0. The summed E-state index contributed by atoms with van der Waals surface area (Å²) in [5.74, 6) is -0.894. The van der Waals surface area contributed by atoms with Gasteiger partial charge in [0.05, 0.1) is 0 Å². The van der Waals surface area contributed by atoms with Crippen LogP contribution in [0.3, 0.4) is 0 Å². The fraction of sp³-hybridized carbons (Fsp3) is 0.712. The Hall–Kier alpha value is -3.93. The number of carbonyl (C=O) groups is 3. The predicted octanol–water partition coefficient (Wildman–Crippen LogP) is 23.0. The van der Waals surface area contributed by atoms with Crippen LogP contribution in [0.5, 0.6) is 0 Å². The first-order chi connectivity index (χ1) is 39.0. The van der Waals surface area contributed by atoms with E-state index in [0.717, 1.165) is 128 Å². The van der Waals surface area contributed by atoms with E-state index in [-0.39, 0.29) is 31.1 Å². The van der Waals surface area contributed by atoms with Crippen LogP contribution in [0.15, 0.2) is 109 Å². The number of hydrogen-bond acceptors (Lipinski definition) is 6. The van der Waals surface area contributed by atoms with Gasteiger partial charge in [-0.15, -0.1) is 0 Å². The summed E-state index contributed by atoms with van der Waals surface area (Å²) in [4.78, 5) is 37.9. The summed E-state index contributed by atoms with van der Waals surface area (Å²) >= 11 is 0. The van der Waals surface area contributed by atoms with Crippen molar-refractivity contribution in [2.45, 2.75) is 322 Å². The molecule has 0 bridgehead atoms. The van der Waals surface area contributed by atoms with Crippen LogP contribution in [0.25, 0.3) is 0 Å². The standard InChI is InChI=1S/C73H124O6/c1-4-7-10-13-15-17-19-21-23-25-27-29-30-31-32-33-34-35-36-37-38-39-40-41-42-44-45-47-49-51-53-55-57-60-63-66-72(75)78-69-70(68-77-71(74)65-62-59-12-9-6-3)79-73(76)67-64-61-58-56-54-52-50-48-46-43-28-26-24-22-20-18-16-14-11-8-5-2/h7,10,15,17,21,23,27,29,31-32,34-35,37-38,40-41,44-45,70H,4-6,8-9,11-14,16,18-20,22,24-26,28,30,33,36,39,42-43,46-69H2,1-3H3/b10-7-,17-15-,23-21-,29-27-,32-31-,35-34-,38-37-,41-40-,45-44-. The van der Waals surface area contributed by atoms with Crippen LogP contribution >= 0.6 is 0 Å². The Bertz CT molecular complexity index is 1590. The summed E-state index contributed by atoms with van der Waals surface area (Å²) in [6.07, 6.45) is 91.5. The van der Waals surface area contributed by atoms with Crippen molar-refractivity contribution in [1.29, 1.82) is 0 Å². The van der Waals surface area contributed by atoms with Gasteiger partial charge in [0.15, 0.2) is 6.10 Å². The minimum absolute atomic E-state index is 0.0793. The lowest BCUT2D eigenvalue weighted by Crippen LogP contribution is -2.30. The molecule has 0 aliphatic carbocycles. The lowest BCUT2D eigenvalue weighted by molar-refractivity contribution is -0.167. The molecular formula is C73H124O6. The Morgan fingerprint density at radius 1 is 0.266 bits per heavy atom. The van der Waals surface area contributed by atoms with Crippen molar-refractivity contribution in [3.8, 4) is 0 Å². The first-order valence-electron chi connectivity index (χ1n) is 33.4. The van der Waals surface area contributed by atoms with E-state index in [1.807, 2.05) is 0 Å². The normalized spacial score (nSPS) is 12.8. The molecule has 0 N–H and O–H groups in total. The molecule has 6 heteroatoms. The number of unbranched alkanes of at least 4 members (excludes halogenated alkanes) is 31. The molecule has 0 aliphatic heterocycles. The highest BCUT2D eigenvalue weighted by Crippen LogP contribution is 2.17. The Labute approximate surface area is 489 Å². The number of ether oxygens (including phenoxy) is 3. The molecule has 0 heterocycles. The zero-order valence-electron chi connectivity index (χ0n) is 51.9. The van der Waals surface area contributed by atoms with E-state index < -0.39 is 6.10 Å². The molecule has 452 valence electrons. The lowest BCUT2D eigenvalue weighted by Gasteiger charge is -2.18. The van der Waals surface area contributed by atoms with Gasteiger partial charge in [0.1, 0.15) is 13.2 Å². The molecule has 0 fully saturated rings. The molecule has 0 saturated carbocycles. The van der Waals surface area contributed by atoms with Gasteiger partial charge in [0, 0.05) is 19.3 Å². The van der Waals surface area contributed by atoms with E-state index >= 15 is 0 Å². The molecule has 0 aromatic carbocycles. The van der Waals surface area contributed by atoms with E-state index in [9.17, 15) is 14.4 Å². The van der Waals surface area contributed by atoms with Crippen LogP contribution in [-0.2, 0) is 28.6 Å². The van der Waals surface area contributed by atoms with Crippen molar-refractivity contribution in [3.05, 3.63) is 109 Å². The SMILES string of the molecule is CC/C=C\C/C=C\C/C=C\C/C=C\C/C=C\C/C=C\C/C=C\C/C=C\C/C=C\CCCCCCCCCC(=O)OCC(COC(=O)CCCCCCC)OC(=O)CCCCCCCCCCCCCCCCCCCCCCC. The van der Waals surface area contributed by atoms with Crippen molar-refractivity contribution in [3.63, 3.8) is 0 Å². The Morgan fingerprint density at radius 2 is 0.494 bits per heavy atom. The highest BCUT2D eigenvalue weighted by Gasteiger charge is 2.19. The zero-order valence-corrected chi connectivity index (χ0v) is 51.9. The second kappa shape index (κ2) is 66.6. The second-order valence-electron chi connectivity index (χ2n) is 22.0. The van der Waals surface area contributed by atoms with Gasteiger partial charge in [-0.1, -0.05) is 316 Å². The predicted molar refractivity (Wildman–Crippen MR) is 343 cm³/mol. The number of esters is 3. The molecule has 1 atom stereocenters. The maximum absolute atomic E-state index is 12.8. The Morgan fingerprint density at radius 3 is 0.772 bits per heavy atom. The fourth-order valence-electron chi connectivity index (χ4n) is 9.32. The molecule has 0 aromatic rings. The van der Waals surface area contributed by atoms with Gasteiger partial charge in [-0.05, 0) is 89.9 Å². The largest absolute Gasteiger partial charge is 0.462 e. The third kappa shape index (κ3) is 64.8. The smallest absolute Gasteiger partial charge is 0.306 e. The van der Waals surface area contributed by atoms with Crippen LogP contribution in [0.2, 0.25) is 0 Å². The fourth-order valence-corrected chi connectivity index (χ4v) is 9.32. The quantitative estimate of drug-likeness (QED) is 0.0261. The molecule has 0 saturated heterocycles. The van der Waals surface area contributed by atoms with Gasteiger partial charge >= 0.3 is 17.9 Å². The maximum atomic E-state index is 12.8. The highest BCUT2D eigenvalue weighted by atomic mass is 16.6. The average molecular weight is 1100 g/mol. The van der Waals surface area contributed by atoms with Gasteiger partial charge in [-0.3, -0.25) is 14.4 Å². The van der Waals surface area contributed by atoms with Crippen LogP contribution in [0.1, 0.15) is 316 Å². The zero-order chi connectivity index (χ0) is 57.1. The molecule has 6 nitrogen and oxygen atoms in total. The molecule has 0 radical (unpaired) electrons. The van der Waals surface area contributed by atoms with Crippen molar-refractivity contribution in [2.75, 3.05) is 13.2 Å². The van der Waals surface area contributed by atoms with Crippen LogP contribution < -0.4 is 0 Å². The first kappa shape index (κ1) is 75.1. The Kier molecular flexibility index (Phi) is 63.3. The minimum atomic E-state index is -0.778. The summed E-state index contributed by atoms with van der Waals surface area (Å²) in [5.41, 5.74) is 0. The molecule has 0 spiro atoms. The van der Waals surface area contributed by atoms with E-state index in [1.165, 1.54) is 148 Å². The van der Waals surface area contributed by atoms with E-state index in [0.29, 0.717) is 19.3 Å². The monoisotopic (exact) mass is 1100 g/mol. The number of rotatable bonds is 60. The first-order valence-corrected chi connectivity index (χ1v) is 33.4. The maximum Gasteiger partial charge on any atom is 0.306 e. The summed E-state index contributed by atoms with van der Waals surface area (Å²) in [6.45, 7) is 6.46. The summed E-state index contributed by atoms with van der Waals surface area (Å²) in [5, 5.41) is 0. The van der Waals surface area contributed by atoms with E-state index in [1.54, 1.807) is 0 Å². The molecule has 1 unspecified atom stereocenters. The lowest BCUT2D eigenvalue weighted by atomic mass is 10.0. The van der Waals surface area contributed by atoms with Gasteiger partial charge in [-0.2, -0.15) is 0 Å². The molecule has 79 heavy (non-hydrogen) atoms. The van der Waals surface area contributed by atoms with Crippen molar-refractivity contribution < 1.29 is 28.6 Å². The topological polar surface area (TPSA) is 78.9 Å². The molecule has 0 amide bonds.